The van der Waals surface area contributed by atoms with Crippen LogP contribution in [0.1, 0.15) is 28.2 Å². The van der Waals surface area contributed by atoms with E-state index in [1.54, 1.807) is 6.07 Å². The highest BCUT2D eigenvalue weighted by molar-refractivity contribution is 9.11. The number of ether oxygens (including phenoxy) is 1. The maximum Gasteiger partial charge on any atom is 0.294 e. The number of aryl methyl sites for hydroxylation is 1. The monoisotopic (exact) mass is 552 g/mol. The van der Waals surface area contributed by atoms with E-state index in [4.69, 9.17) is 4.74 Å². The molecule has 0 aliphatic carbocycles. The average molecular weight is 554 g/mol. The minimum Gasteiger partial charge on any atom is -0.376 e. The highest BCUT2D eigenvalue weighted by atomic mass is 79.9. The molecular formula is C23H22Br2O4S. The Morgan fingerprint density at radius 2 is 1.63 bits per heavy atom. The smallest absolute Gasteiger partial charge is 0.294 e. The van der Waals surface area contributed by atoms with Crippen LogP contribution in [0.2, 0.25) is 0 Å². The molecule has 0 aliphatic heterocycles. The first-order chi connectivity index (χ1) is 14.3. The summed E-state index contributed by atoms with van der Waals surface area (Å²) >= 11 is 7.17. The molecule has 30 heavy (non-hydrogen) atoms. The van der Waals surface area contributed by atoms with Gasteiger partial charge in [-0.05, 0) is 48.2 Å². The van der Waals surface area contributed by atoms with Crippen molar-refractivity contribution in [2.75, 3.05) is 6.61 Å². The Hall–Kier alpha value is -1.51. The number of rotatable bonds is 8. The second-order valence-electron chi connectivity index (χ2n) is 7.12. The summed E-state index contributed by atoms with van der Waals surface area (Å²) in [6.45, 7) is 2.61. The van der Waals surface area contributed by atoms with Crippen molar-refractivity contribution in [3.05, 3.63) is 97.9 Å². The van der Waals surface area contributed by atoms with E-state index in [2.05, 4.69) is 31.9 Å². The fraction of sp³-hybridized carbons (Fsp3) is 0.217. The van der Waals surface area contributed by atoms with Gasteiger partial charge >= 0.3 is 0 Å². The van der Waals surface area contributed by atoms with E-state index in [-0.39, 0.29) is 10.8 Å². The molecule has 3 aromatic rings. The quantitative estimate of drug-likeness (QED) is 0.332. The predicted molar refractivity (Wildman–Crippen MR) is 125 cm³/mol. The third-order valence-electron chi connectivity index (χ3n) is 4.83. The Morgan fingerprint density at radius 1 is 0.967 bits per heavy atom. The molecule has 0 saturated carbocycles. The van der Waals surface area contributed by atoms with Crippen molar-refractivity contribution in [3.8, 4) is 0 Å². The lowest BCUT2D eigenvalue weighted by molar-refractivity contribution is 0.106. The first kappa shape index (κ1) is 23.2. The largest absolute Gasteiger partial charge is 0.376 e. The van der Waals surface area contributed by atoms with Crippen LogP contribution in [-0.2, 0) is 27.9 Å². The molecule has 0 fully saturated rings. The van der Waals surface area contributed by atoms with Crippen LogP contribution >= 0.6 is 31.9 Å². The van der Waals surface area contributed by atoms with Gasteiger partial charge in [-0.1, -0.05) is 86.0 Å². The molecule has 4 nitrogen and oxygen atoms in total. The van der Waals surface area contributed by atoms with Gasteiger partial charge in [0.05, 0.1) is 18.1 Å². The van der Waals surface area contributed by atoms with Crippen LogP contribution < -0.4 is 0 Å². The van der Waals surface area contributed by atoms with E-state index in [1.807, 2.05) is 61.5 Å². The third kappa shape index (κ3) is 6.02. The SMILES string of the molecule is Cc1ccc(S(=O)(=O)O)c([C@@H](COCc2ccccc2)Cc2c(Br)cccc2Br)c1. The Labute approximate surface area is 194 Å². The molecule has 1 N–H and O–H groups in total. The summed E-state index contributed by atoms with van der Waals surface area (Å²) in [4.78, 5) is -0.0791. The van der Waals surface area contributed by atoms with E-state index in [1.165, 1.54) is 6.07 Å². The van der Waals surface area contributed by atoms with E-state index < -0.39 is 10.1 Å². The molecular weight excluding hydrogens is 532 g/mol. The van der Waals surface area contributed by atoms with Crippen LogP contribution in [0.5, 0.6) is 0 Å². The predicted octanol–water partition coefficient (Wildman–Crippen LogP) is 6.31. The lowest BCUT2D eigenvalue weighted by atomic mass is 9.91. The Morgan fingerprint density at radius 3 is 2.27 bits per heavy atom. The zero-order chi connectivity index (χ0) is 21.7. The van der Waals surface area contributed by atoms with Crippen molar-refractivity contribution < 1.29 is 17.7 Å². The lowest BCUT2D eigenvalue weighted by Gasteiger charge is -2.22. The topological polar surface area (TPSA) is 63.6 Å². The van der Waals surface area contributed by atoms with Crippen LogP contribution in [0.25, 0.3) is 0 Å². The molecule has 0 spiro atoms. The summed E-state index contributed by atoms with van der Waals surface area (Å²) < 4.78 is 41.7. The first-order valence-corrected chi connectivity index (χ1v) is 12.4. The molecule has 0 saturated heterocycles. The molecule has 0 heterocycles. The van der Waals surface area contributed by atoms with Gasteiger partial charge in [-0.25, -0.2) is 0 Å². The fourth-order valence-electron chi connectivity index (χ4n) is 3.35. The summed E-state index contributed by atoms with van der Waals surface area (Å²) in [7, 11) is -4.36. The number of halogens is 2. The minimum absolute atomic E-state index is 0.0791. The highest BCUT2D eigenvalue weighted by Crippen LogP contribution is 2.34. The van der Waals surface area contributed by atoms with Crippen molar-refractivity contribution in [2.45, 2.75) is 30.8 Å². The fourth-order valence-corrected chi connectivity index (χ4v) is 5.43. The molecule has 0 amide bonds. The summed E-state index contributed by atoms with van der Waals surface area (Å²) in [5, 5.41) is 0. The molecule has 0 aliphatic rings. The molecule has 1 atom stereocenters. The van der Waals surface area contributed by atoms with Gasteiger partial charge in [0.25, 0.3) is 10.1 Å². The second-order valence-corrected chi connectivity index (χ2v) is 10.2. The van der Waals surface area contributed by atoms with Crippen LogP contribution in [0.3, 0.4) is 0 Å². The molecule has 0 bridgehead atoms. The molecule has 0 unspecified atom stereocenters. The van der Waals surface area contributed by atoms with E-state index in [0.717, 1.165) is 25.6 Å². The lowest BCUT2D eigenvalue weighted by Crippen LogP contribution is -2.16. The molecule has 0 aromatic heterocycles. The maximum absolute atomic E-state index is 12.0. The Balaban J connectivity index is 1.96. The van der Waals surface area contributed by atoms with Crippen molar-refractivity contribution in [1.82, 2.24) is 0 Å². The average Bonchev–Trinajstić information content (AvgIpc) is 2.69. The summed E-state index contributed by atoms with van der Waals surface area (Å²) in [6.07, 6.45) is 0.531. The molecule has 0 radical (unpaired) electrons. The van der Waals surface area contributed by atoms with Crippen LogP contribution in [-0.4, -0.2) is 19.6 Å². The standard InChI is InChI=1S/C23H22Br2O4S/c1-16-10-11-23(30(26,27)28)19(12-16)18(13-20-21(24)8-5-9-22(20)25)15-29-14-17-6-3-2-4-7-17/h2-12,18H,13-15H2,1H3,(H,26,27,28)/t18-/m1/s1. The maximum atomic E-state index is 12.0. The first-order valence-electron chi connectivity index (χ1n) is 9.38. The highest BCUT2D eigenvalue weighted by Gasteiger charge is 2.24. The number of hydrogen-bond acceptors (Lipinski definition) is 3. The minimum atomic E-state index is -4.36. The third-order valence-corrected chi connectivity index (χ3v) is 7.24. The van der Waals surface area contributed by atoms with Gasteiger partial charge in [-0.3, -0.25) is 4.55 Å². The normalized spacial score (nSPS) is 12.7. The van der Waals surface area contributed by atoms with Crippen molar-refractivity contribution >= 4 is 42.0 Å². The molecule has 3 rings (SSSR count). The zero-order valence-electron chi connectivity index (χ0n) is 16.4. The summed E-state index contributed by atoms with van der Waals surface area (Å²) in [5.41, 5.74) is 3.51. The number of hydrogen-bond donors (Lipinski definition) is 1. The Kier molecular flexibility index (Phi) is 7.87. The summed E-state index contributed by atoms with van der Waals surface area (Å²) in [6, 6.07) is 20.6. The van der Waals surface area contributed by atoms with E-state index in [9.17, 15) is 13.0 Å². The van der Waals surface area contributed by atoms with Gasteiger partial charge in [0.15, 0.2) is 0 Å². The van der Waals surface area contributed by atoms with Gasteiger partial charge in [0.2, 0.25) is 0 Å². The van der Waals surface area contributed by atoms with Crippen LogP contribution in [0, 0.1) is 6.92 Å². The van der Waals surface area contributed by atoms with Crippen LogP contribution in [0.15, 0.2) is 80.6 Å². The summed E-state index contributed by atoms with van der Waals surface area (Å²) in [5.74, 6) is -0.277. The second kappa shape index (κ2) is 10.2. The van der Waals surface area contributed by atoms with E-state index >= 15 is 0 Å². The molecule has 7 heteroatoms. The Bertz CT molecular complexity index is 1100. The zero-order valence-corrected chi connectivity index (χ0v) is 20.4. The van der Waals surface area contributed by atoms with Gasteiger partial charge in [-0.15, -0.1) is 0 Å². The van der Waals surface area contributed by atoms with Crippen molar-refractivity contribution in [2.24, 2.45) is 0 Å². The molecule has 3 aromatic carbocycles. The van der Waals surface area contributed by atoms with Gasteiger partial charge < -0.3 is 4.74 Å². The van der Waals surface area contributed by atoms with Crippen molar-refractivity contribution in [3.63, 3.8) is 0 Å². The van der Waals surface area contributed by atoms with Gasteiger partial charge in [0, 0.05) is 14.9 Å². The number of benzene rings is 3. The van der Waals surface area contributed by atoms with Gasteiger partial charge in [-0.2, -0.15) is 8.42 Å². The van der Waals surface area contributed by atoms with Gasteiger partial charge in [0.1, 0.15) is 0 Å². The molecule has 158 valence electrons. The van der Waals surface area contributed by atoms with Crippen molar-refractivity contribution in [1.29, 1.82) is 0 Å². The van der Waals surface area contributed by atoms with E-state index in [0.29, 0.717) is 25.2 Å². The van der Waals surface area contributed by atoms with Crippen LogP contribution in [0.4, 0.5) is 0 Å².